The van der Waals surface area contributed by atoms with Gasteiger partial charge in [0, 0.05) is 17.7 Å². The SMILES string of the molecule is N#CC1=C(N)Cc2nc(-c3ccccc3)nn2C1=O. The normalized spacial score (nSPS) is 14.2. The highest BCUT2D eigenvalue weighted by Gasteiger charge is 2.27. The first-order chi connectivity index (χ1) is 9.20. The number of carbonyl (C=O) groups excluding carboxylic acids is 1. The van der Waals surface area contributed by atoms with Crippen LogP contribution in [0.15, 0.2) is 41.6 Å². The summed E-state index contributed by atoms with van der Waals surface area (Å²) in [6.45, 7) is 0. The lowest BCUT2D eigenvalue weighted by Crippen LogP contribution is -2.27. The van der Waals surface area contributed by atoms with Crippen molar-refractivity contribution in [2.75, 3.05) is 0 Å². The standard InChI is InChI=1S/C13H9N5O/c14-7-9-10(15)6-11-16-12(17-18(11)13(9)19)8-4-2-1-3-5-8/h1-5H,6,15H2. The van der Waals surface area contributed by atoms with Crippen molar-refractivity contribution in [1.82, 2.24) is 14.8 Å². The number of hydrogen-bond acceptors (Lipinski definition) is 5. The van der Waals surface area contributed by atoms with E-state index in [2.05, 4.69) is 10.1 Å². The van der Waals surface area contributed by atoms with E-state index in [-0.39, 0.29) is 17.7 Å². The lowest BCUT2D eigenvalue weighted by atomic mass is 10.1. The van der Waals surface area contributed by atoms with E-state index < -0.39 is 5.91 Å². The van der Waals surface area contributed by atoms with Crippen LogP contribution in [0.25, 0.3) is 11.4 Å². The monoisotopic (exact) mass is 251 g/mol. The van der Waals surface area contributed by atoms with E-state index in [1.54, 1.807) is 0 Å². The Kier molecular flexibility index (Phi) is 2.39. The number of carbonyl (C=O) groups is 1. The molecule has 92 valence electrons. The van der Waals surface area contributed by atoms with Crippen molar-refractivity contribution in [3.63, 3.8) is 0 Å². The second-order valence-electron chi connectivity index (χ2n) is 4.12. The Morgan fingerprint density at radius 3 is 2.74 bits per heavy atom. The van der Waals surface area contributed by atoms with E-state index in [0.717, 1.165) is 10.2 Å². The van der Waals surface area contributed by atoms with Gasteiger partial charge in [0.25, 0.3) is 5.91 Å². The van der Waals surface area contributed by atoms with Crippen LogP contribution < -0.4 is 5.73 Å². The van der Waals surface area contributed by atoms with Crippen LogP contribution >= 0.6 is 0 Å². The summed E-state index contributed by atoms with van der Waals surface area (Å²) in [6, 6.07) is 11.1. The molecule has 2 heterocycles. The van der Waals surface area contributed by atoms with Crippen LogP contribution in [-0.4, -0.2) is 20.7 Å². The van der Waals surface area contributed by atoms with E-state index in [1.807, 2.05) is 36.4 Å². The van der Waals surface area contributed by atoms with Crippen molar-refractivity contribution in [1.29, 1.82) is 5.26 Å². The Bertz CT molecular complexity index is 736. The highest BCUT2D eigenvalue weighted by atomic mass is 16.2. The maximum absolute atomic E-state index is 12.0. The summed E-state index contributed by atoms with van der Waals surface area (Å²) in [5.74, 6) is 0.396. The maximum Gasteiger partial charge on any atom is 0.292 e. The minimum absolute atomic E-state index is 0.0583. The van der Waals surface area contributed by atoms with Crippen LogP contribution in [0.1, 0.15) is 10.6 Å². The van der Waals surface area contributed by atoms with E-state index in [4.69, 9.17) is 11.0 Å². The Morgan fingerprint density at radius 1 is 1.32 bits per heavy atom. The summed E-state index contributed by atoms with van der Waals surface area (Å²) in [6.07, 6.45) is 0.258. The van der Waals surface area contributed by atoms with Crippen LogP contribution in [0, 0.1) is 11.3 Å². The number of fused-ring (bicyclic) bond motifs is 1. The van der Waals surface area contributed by atoms with Crippen molar-refractivity contribution in [2.24, 2.45) is 5.73 Å². The van der Waals surface area contributed by atoms with E-state index >= 15 is 0 Å². The molecule has 0 radical (unpaired) electrons. The third kappa shape index (κ3) is 1.68. The number of aromatic nitrogens is 3. The first kappa shape index (κ1) is 11.2. The predicted octanol–water partition coefficient (Wildman–Crippen LogP) is 0.878. The molecule has 0 unspecified atom stereocenters. The number of benzene rings is 1. The van der Waals surface area contributed by atoms with Gasteiger partial charge in [-0.3, -0.25) is 4.79 Å². The van der Waals surface area contributed by atoms with Gasteiger partial charge in [0.1, 0.15) is 17.5 Å². The van der Waals surface area contributed by atoms with Gasteiger partial charge in [-0.25, -0.2) is 4.98 Å². The summed E-state index contributed by atoms with van der Waals surface area (Å²) in [4.78, 5) is 16.3. The fraction of sp³-hybridized carbons (Fsp3) is 0.0769. The number of nitriles is 1. The summed E-state index contributed by atoms with van der Waals surface area (Å²) in [5.41, 5.74) is 6.70. The molecule has 0 aliphatic carbocycles. The molecular weight excluding hydrogens is 242 g/mol. The predicted molar refractivity (Wildman–Crippen MR) is 66.6 cm³/mol. The van der Waals surface area contributed by atoms with Crippen LogP contribution in [0.4, 0.5) is 0 Å². The summed E-state index contributed by atoms with van der Waals surface area (Å²) in [7, 11) is 0. The molecule has 0 atom stereocenters. The quantitative estimate of drug-likeness (QED) is 0.811. The van der Waals surface area contributed by atoms with Gasteiger partial charge in [-0.05, 0) is 0 Å². The van der Waals surface area contributed by atoms with Crippen LogP contribution in [0.5, 0.6) is 0 Å². The van der Waals surface area contributed by atoms with E-state index in [0.29, 0.717) is 11.6 Å². The van der Waals surface area contributed by atoms with E-state index in [1.165, 1.54) is 0 Å². The molecule has 19 heavy (non-hydrogen) atoms. The molecule has 0 bridgehead atoms. The number of rotatable bonds is 1. The average Bonchev–Trinajstić information content (AvgIpc) is 2.84. The van der Waals surface area contributed by atoms with Crippen LogP contribution in [0.3, 0.4) is 0 Å². The molecule has 1 aromatic heterocycles. The summed E-state index contributed by atoms with van der Waals surface area (Å²) >= 11 is 0. The van der Waals surface area contributed by atoms with Gasteiger partial charge in [-0.2, -0.15) is 9.94 Å². The van der Waals surface area contributed by atoms with Gasteiger partial charge >= 0.3 is 0 Å². The largest absolute Gasteiger partial charge is 0.400 e. The Hall–Kier alpha value is -2.94. The van der Waals surface area contributed by atoms with Crippen LogP contribution in [-0.2, 0) is 6.42 Å². The average molecular weight is 251 g/mol. The Morgan fingerprint density at radius 2 is 2.05 bits per heavy atom. The zero-order chi connectivity index (χ0) is 13.4. The lowest BCUT2D eigenvalue weighted by Gasteiger charge is -2.11. The minimum atomic E-state index is -0.518. The topological polar surface area (TPSA) is 97.6 Å². The van der Waals surface area contributed by atoms with Crippen molar-refractivity contribution in [3.8, 4) is 17.5 Å². The van der Waals surface area contributed by atoms with E-state index in [9.17, 15) is 4.79 Å². The first-order valence-corrected chi connectivity index (χ1v) is 5.65. The lowest BCUT2D eigenvalue weighted by molar-refractivity contribution is 0.0936. The van der Waals surface area contributed by atoms with Gasteiger partial charge < -0.3 is 5.73 Å². The molecular formula is C13H9N5O. The molecule has 0 fully saturated rings. The number of nitrogens with two attached hydrogens (primary N) is 1. The molecule has 0 saturated carbocycles. The Labute approximate surface area is 108 Å². The zero-order valence-electron chi connectivity index (χ0n) is 9.87. The number of hydrogen-bond donors (Lipinski definition) is 1. The number of nitrogens with zero attached hydrogens (tertiary/aromatic N) is 4. The smallest absolute Gasteiger partial charge is 0.292 e. The minimum Gasteiger partial charge on any atom is -0.400 e. The molecule has 2 aromatic rings. The third-order valence-corrected chi connectivity index (χ3v) is 2.89. The third-order valence-electron chi connectivity index (χ3n) is 2.89. The highest BCUT2D eigenvalue weighted by Crippen LogP contribution is 2.20. The number of allylic oxidation sites excluding steroid dienone is 2. The van der Waals surface area contributed by atoms with Gasteiger partial charge in [-0.1, -0.05) is 30.3 Å². The van der Waals surface area contributed by atoms with Gasteiger partial charge in [0.15, 0.2) is 5.82 Å². The van der Waals surface area contributed by atoms with Crippen molar-refractivity contribution >= 4 is 5.91 Å². The Balaban J connectivity index is 2.09. The summed E-state index contributed by atoms with van der Waals surface area (Å²) < 4.78 is 1.15. The summed E-state index contributed by atoms with van der Waals surface area (Å²) in [5, 5.41) is 13.1. The molecule has 0 saturated heterocycles. The fourth-order valence-corrected chi connectivity index (χ4v) is 1.95. The van der Waals surface area contributed by atoms with Crippen molar-refractivity contribution in [3.05, 3.63) is 47.4 Å². The molecule has 3 rings (SSSR count). The maximum atomic E-state index is 12.0. The first-order valence-electron chi connectivity index (χ1n) is 5.65. The molecule has 1 aliphatic rings. The van der Waals surface area contributed by atoms with Crippen molar-refractivity contribution in [2.45, 2.75) is 6.42 Å². The highest BCUT2D eigenvalue weighted by molar-refractivity contribution is 6.00. The molecule has 6 nitrogen and oxygen atoms in total. The molecule has 0 amide bonds. The molecule has 2 N–H and O–H groups in total. The van der Waals surface area contributed by atoms with Crippen LogP contribution in [0.2, 0.25) is 0 Å². The molecule has 6 heteroatoms. The van der Waals surface area contributed by atoms with Gasteiger partial charge in [0.2, 0.25) is 0 Å². The van der Waals surface area contributed by atoms with Gasteiger partial charge in [0.05, 0.1) is 0 Å². The van der Waals surface area contributed by atoms with Gasteiger partial charge in [-0.15, -0.1) is 5.10 Å². The van der Waals surface area contributed by atoms with Crippen molar-refractivity contribution < 1.29 is 4.79 Å². The second-order valence-corrected chi connectivity index (χ2v) is 4.12. The fourth-order valence-electron chi connectivity index (χ4n) is 1.95. The molecule has 0 spiro atoms. The zero-order valence-corrected chi connectivity index (χ0v) is 9.87. The molecule has 1 aromatic carbocycles. The second kappa shape index (κ2) is 4.07. The molecule has 1 aliphatic heterocycles.